The summed E-state index contributed by atoms with van der Waals surface area (Å²) in [7, 11) is 0. The van der Waals surface area contributed by atoms with Crippen LogP contribution in [-0.4, -0.2) is 12.8 Å². The fraction of sp³-hybridized carbons (Fsp3) is 0. The molecule has 0 unspecified atom stereocenters. The van der Waals surface area contributed by atoms with Gasteiger partial charge in [0.25, 0.3) is 6.72 Å². The largest absolute Gasteiger partial charge is 0.566 e. The Morgan fingerprint density at radius 3 is 2.25 bits per heavy atom. The minimum atomic E-state index is 1.19. The lowest BCUT2D eigenvalue weighted by Gasteiger charge is -0.957. The van der Waals surface area contributed by atoms with E-state index in [4.69, 9.17) is 4.79 Å². The van der Waals surface area contributed by atoms with E-state index in [0.29, 0.717) is 0 Å². The second kappa shape index (κ2) is 2.16. The molecule has 0 rings (SSSR count). The maximum Gasteiger partial charge on any atom is 0.566 e. The van der Waals surface area contributed by atoms with Gasteiger partial charge < -0.3 is 0 Å². The molecule has 0 aromatic carbocycles. The lowest BCUT2D eigenvalue weighted by atomic mass is 11.5. The number of nitrogens with zero attached hydrogens (tertiary/aromatic N) is 1. The molecule has 0 saturated carbocycles. The Hall–Kier alpha value is -0.840. The topological polar surface area (TPSA) is 31.2 Å². The molecule has 4 heavy (non-hydrogen) atoms. The lowest BCUT2D eigenvalue weighted by Crippen LogP contribution is -1.49. The molecule has 0 fully saturated rings. The zero-order chi connectivity index (χ0) is 3.41. The number of hydrogen-bond donors (Lipinski definition) is 0. The average Bonchev–Trinajstić information content (AvgIpc) is 1.37. The van der Waals surface area contributed by atoms with Crippen LogP contribution in [0.15, 0.2) is 0 Å². The van der Waals surface area contributed by atoms with Gasteiger partial charge in [0.2, 0.25) is 0 Å². The maximum atomic E-state index is 8.82. The van der Waals surface area contributed by atoms with Crippen molar-refractivity contribution in [2.75, 3.05) is 0 Å². The smallest absolute Gasteiger partial charge is 0.145 e. The van der Waals surface area contributed by atoms with Gasteiger partial charge in [-0.05, 0) is 4.67 Å². The van der Waals surface area contributed by atoms with E-state index in [-0.39, 0.29) is 0 Å². The first-order valence-electron chi connectivity index (χ1n) is 0.744. The zero-order valence-corrected chi connectivity index (χ0v) is 2.06. The molecule has 0 aromatic heterocycles. The molecule has 0 heterocycles. The molecule has 0 spiro atoms. The second-order valence-electron chi connectivity index (χ2n) is 0.249. The molecule has 2 heteroatoms. The normalized spacial score (nSPS) is 3.00. The molecule has 0 bridgehead atoms. The highest BCUT2D eigenvalue weighted by Gasteiger charge is 1.41. The average molecular weight is 56.0 g/mol. The van der Waals surface area contributed by atoms with Gasteiger partial charge in [-0.3, -0.25) is 0 Å². The third-order valence-electron chi connectivity index (χ3n) is 0.0645. The van der Waals surface area contributed by atoms with E-state index in [2.05, 4.69) is 11.4 Å². The Bertz CT molecular complexity index is 56.1. The molecule has 0 amide bonds. The maximum absolute atomic E-state index is 8.82. The van der Waals surface area contributed by atoms with Crippen LogP contribution in [0.25, 0.3) is 0 Å². The van der Waals surface area contributed by atoms with Crippen molar-refractivity contribution in [1.29, 1.82) is 0 Å². The predicted molar refractivity (Wildman–Crippen MR) is 14.9 cm³/mol. The van der Waals surface area contributed by atoms with E-state index in [1.165, 1.54) is 6.08 Å². The Morgan fingerprint density at radius 2 is 2.25 bits per heavy atom. The highest BCUT2D eigenvalue weighted by atomic mass is 16.1. The molecule has 0 saturated heterocycles. The Kier molecular flexibility index (Phi) is 1.71. The summed E-state index contributed by atoms with van der Waals surface area (Å²) < 4.78 is 2.68. The predicted octanol–water partition coefficient (Wildman–Crippen LogP) is -0.910. The molecule has 0 radical (unpaired) electrons. The van der Waals surface area contributed by atoms with Crippen LogP contribution >= 0.6 is 0 Å². The Morgan fingerprint density at radius 1 is 2.00 bits per heavy atom. The van der Waals surface area contributed by atoms with Crippen molar-refractivity contribution < 1.29 is 4.79 Å². The van der Waals surface area contributed by atoms with Crippen LogP contribution < -0.4 is 4.67 Å². The second-order valence-corrected chi connectivity index (χ2v) is 0.249. The zero-order valence-electron chi connectivity index (χ0n) is 2.06. The molecule has 2 nitrogen and oxygen atoms in total. The van der Waals surface area contributed by atoms with Crippen LogP contribution in [0.1, 0.15) is 0 Å². The standard InChI is InChI=1S/C2H2NO/c1-3-2-4/h1H2/q+1. The van der Waals surface area contributed by atoms with Crippen molar-refractivity contribution in [3.63, 3.8) is 0 Å². The van der Waals surface area contributed by atoms with Crippen LogP contribution in [0, 0.1) is 0 Å². The molecule has 0 aromatic rings. The number of rotatable bonds is 0. The summed E-state index contributed by atoms with van der Waals surface area (Å²) in [5.74, 6) is 0. The highest BCUT2D eigenvalue weighted by Crippen LogP contribution is 0.831. The van der Waals surface area contributed by atoms with Gasteiger partial charge in [-0.2, -0.15) is 0 Å². The van der Waals surface area contributed by atoms with E-state index in [0.717, 1.165) is 0 Å². The molecular formula is C2H2NO+. The van der Waals surface area contributed by atoms with Crippen molar-refractivity contribution >= 4 is 12.8 Å². The molecular weight excluding hydrogens is 54.0 g/mol. The van der Waals surface area contributed by atoms with E-state index in [1.54, 1.807) is 0 Å². The minimum absolute atomic E-state index is 1.19. The molecule has 0 atom stereocenters. The number of isocyanates is 1. The number of hydrogen-bond acceptors (Lipinski definition) is 1. The van der Waals surface area contributed by atoms with Crippen molar-refractivity contribution in [3.05, 3.63) is 0 Å². The van der Waals surface area contributed by atoms with Crippen molar-refractivity contribution in [3.8, 4) is 0 Å². The van der Waals surface area contributed by atoms with Crippen molar-refractivity contribution in [1.82, 2.24) is 4.67 Å². The molecule has 20 valence electrons. The fourth-order valence-corrected chi connectivity index (χ4v) is 0. The lowest BCUT2D eigenvalue weighted by molar-refractivity contribution is 0.565. The third kappa shape index (κ3) is 1.16. The van der Waals surface area contributed by atoms with E-state index >= 15 is 0 Å². The fourth-order valence-electron chi connectivity index (χ4n) is 0. The minimum Gasteiger partial charge on any atom is -0.145 e. The van der Waals surface area contributed by atoms with Gasteiger partial charge in [-0.15, -0.1) is 4.79 Å². The van der Waals surface area contributed by atoms with Gasteiger partial charge >= 0.3 is 6.08 Å². The SMILES string of the molecule is C=[N+]=C=O. The van der Waals surface area contributed by atoms with Gasteiger partial charge in [0.05, 0.1) is 0 Å². The third-order valence-corrected chi connectivity index (χ3v) is 0.0645. The highest BCUT2D eigenvalue weighted by molar-refractivity contribution is 5.38. The molecule has 0 N–H and O–H groups in total. The summed E-state index contributed by atoms with van der Waals surface area (Å²) in [5.41, 5.74) is 0. The van der Waals surface area contributed by atoms with Gasteiger partial charge in [0.15, 0.2) is 0 Å². The van der Waals surface area contributed by atoms with Crippen molar-refractivity contribution in [2.24, 2.45) is 0 Å². The molecule has 0 aliphatic rings. The quantitative estimate of drug-likeness (QED) is 0.201. The van der Waals surface area contributed by atoms with Gasteiger partial charge in [0, 0.05) is 0 Å². The summed E-state index contributed by atoms with van der Waals surface area (Å²) in [6.45, 7) is 2.81. The first kappa shape index (κ1) is 3.16. The van der Waals surface area contributed by atoms with E-state index < -0.39 is 0 Å². The summed E-state index contributed by atoms with van der Waals surface area (Å²) in [6.07, 6.45) is 1.19. The number of carbonyl (C=O) groups excluding carboxylic acids is 1. The first-order chi connectivity index (χ1) is 1.91. The summed E-state index contributed by atoms with van der Waals surface area (Å²) in [4.78, 5) is 8.82. The van der Waals surface area contributed by atoms with Crippen LogP contribution in [0.5, 0.6) is 0 Å². The van der Waals surface area contributed by atoms with Crippen LogP contribution in [0.2, 0.25) is 0 Å². The summed E-state index contributed by atoms with van der Waals surface area (Å²) in [6, 6.07) is 0. The van der Waals surface area contributed by atoms with Crippen LogP contribution in [0.3, 0.4) is 0 Å². The molecule has 0 aliphatic heterocycles. The van der Waals surface area contributed by atoms with Crippen LogP contribution in [0.4, 0.5) is 0 Å². The summed E-state index contributed by atoms with van der Waals surface area (Å²) >= 11 is 0. The van der Waals surface area contributed by atoms with Gasteiger partial charge in [-0.1, -0.05) is 0 Å². The van der Waals surface area contributed by atoms with E-state index in [1.807, 2.05) is 0 Å². The van der Waals surface area contributed by atoms with Crippen LogP contribution in [-0.2, 0) is 4.79 Å². The summed E-state index contributed by atoms with van der Waals surface area (Å²) in [5, 5.41) is 0. The van der Waals surface area contributed by atoms with Crippen molar-refractivity contribution in [2.45, 2.75) is 0 Å². The monoisotopic (exact) mass is 56.0 g/mol. The van der Waals surface area contributed by atoms with E-state index in [9.17, 15) is 0 Å². The Balaban J connectivity index is 3.95. The first-order valence-corrected chi connectivity index (χ1v) is 0.744. The van der Waals surface area contributed by atoms with Gasteiger partial charge in [-0.25, -0.2) is 0 Å². The molecule has 0 aliphatic carbocycles. The van der Waals surface area contributed by atoms with Gasteiger partial charge in [0.1, 0.15) is 0 Å². The Labute approximate surface area is 23.5 Å².